The van der Waals surface area contributed by atoms with Crippen LogP contribution in [0.2, 0.25) is 0 Å². The molecule has 0 aliphatic heterocycles. The largest absolute Gasteiger partial charge is 0.310 e. The molecule has 0 N–H and O–H groups in total. The Hall–Kier alpha value is -1.14. The lowest BCUT2D eigenvalue weighted by Gasteiger charge is -2.24. The number of halogens is 1. The standard InChI is InChI=1S/C13H18ClN3O2S/c1-9-5-10-12(15-7-9)17(11(6-14)16-10)8-13(2,3)20(4,18)19/h5,7H,6,8H2,1-4H3. The van der Waals surface area contributed by atoms with Gasteiger partial charge < -0.3 is 4.57 Å². The molecule has 0 bridgehead atoms. The van der Waals surface area contributed by atoms with Gasteiger partial charge >= 0.3 is 0 Å². The molecule has 0 saturated carbocycles. The number of nitrogens with zero attached hydrogens (tertiary/aromatic N) is 3. The van der Waals surface area contributed by atoms with Gasteiger partial charge in [-0.2, -0.15) is 0 Å². The zero-order chi connectivity index (χ0) is 15.1. The van der Waals surface area contributed by atoms with E-state index < -0.39 is 14.6 Å². The van der Waals surface area contributed by atoms with Gasteiger partial charge in [-0.05, 0) is 32.4 Å². The Balaban J connectivity index is 2.59. The molecule has 0 radical (unpaired) electrons. The smallest absolute Gasteiger partial charge is 0.160 e. The van der Waals surface area contributed by atoms with Crippen molar-refractivity contribution in [2.75, 3.05) is 6.26 Å². The van der Waals surface area contributed by atoms with E-state index in [1.165, 1.54) is 6.26 Å². The highest BCUT2D eigenvalue weighted by atomic mass is 35.5. The molecular weight excluding hydrogens is 298 g/mol. The molecule has 0 aromatic carbocycles. The highest BCUT2D eigenvalue weighted by Crippen LogP contribution is 2.23. The Labute approximate surface area is 123 Å². The normalized spacial score (nSPS) is 13.1. The number of alkyl halides is 1. The summed E-state index contributed by atoms with van der Waals surface area (Å²) < 4.78 is 24.6. The molecule has 0 aliphatic rings. The zero-order valence-electron chi connectivity index (χ0n) is 12.0. The number of hydrogen-bond donors (Lipinski definition) is 0. The fraction of sp³-hybridized carbons (Fsp3) is 0.538. The van der Waals surface area contributed by atoms with E-state index in [0.29, 0.717) is 11.5 Å². The molecule has 0 saturated heterocycles. The third-order valence-electron chi connectivity index (χ3n) is 3.46. The van der Waals surface area contributed by atoms with Crippen LogP contribution in [-0.4, -0.2) is 34.0 Å². The highest BCUT2D eigenvalue weighted by Gasteiger charge is 2.32. The maximum atomic E-state index is 11.9. The number of rotatable bonds is 4. The molecule has 2 heterocycles. The van der Waals surface area contributed by atoms with Crippen molar-refractivity contribution in [2.24, 2.45) is 0 Å². The van der Waals surface area contributed by atoms with Gasteiger partial charge in [-0.3, -0.25) is 0 Å². The van der Waals surface area contributed by atoms with Crippen molar-refractivity contribution in [3.8, 4) is 0 Å². The lowest BCUT2D eigenvalue weighted by Crippen LogP contribution is -2.36. The van der Waals surface area contributed by atoms with Gasteiger partial charge in [-0.25, -0.2) is 18.4 Å². The summed E-state index contributed by atoms with van der Waals surface area (Å²) in [7, 11) is -3.20. The summed E-state index contributed by atoms with van der Waals surface area (Å²) in [4.78, 5) is 8.79. The minimum atomic E-state index is -3.20. The zero-order valence-corrected chi connectivity index (χ0v) is 13.6. The third-order valence-corrected chi connectivity index (χ3v) is 5.84. The number of aromatic nitrogens is 3. The van der Waals surface area contributed by atoms with E-state index in [4.69, 9.17) is 11.6 Å². The van der Waals surface area contributed by atoms with Crippen LogP contribution in [-0.2, 0) is 22.3 Å². The minimum absolute atomic E-state index is 0.218. The topological polar surface area (TPSA) is 64.8 Å². The molecule has 110 valence electrons. The number of imidazole rings is 1. The van der Waals surface area contributed by atoms with Gasteiger partial charge in [-0.1, -0.05) is 0 Å². The summed E-state index contributed by atoms with van der Waals surface area (Å²) in [6, 6.07) is 1.92. The minimum Gasteiger partial charge on any atom is -0.310 e. The van der Waals surface area contributed by atoms with Crippen LogP contribution in [0.1, 0.15) is 25.2 Å². The monoisotopic (exact) mass is 315 g/mol. The predicted molar refractivity (Wildman–Crippen MR) is 80.7 cm³/mol. The van der Waals surface area contributed by atoms with Gasteiger partial charge in [0.05, 0.1) is 10.6 Å². The van der Waals surface area contributed by atoms with E-state index in [-0.39, 0.29) is 12.4 Å². The summed E-state index contributed by atoms with van der Waals surface area (Å²) in [6.45, 7) is 5.60. The predicted octanol–water partition coefficient (Wildman–Crippen LogP) is 2.30. The van der Waals surface area contributed by atoms with E-state index in [2.05, 4.69) is 9.97 Å². The molecule has 2 aromatic rings. The molecule has 2 rings (SSSR count). The molecule has 20 heavy (non-hydrogen) atoms. The first-order valence-corrected chi connectivity index (χ1v) is 8.65. The molecule has 0 unspecified atom stereocenters. The Bertz CT molecular complexity index is 750. The lowest BCUT2D eigenvalue weighted by atomic mass is 10.2. The Morgan fingerprint density at radius 1 is 1.40 bits per heavy atom. The molecule has 0 aliphatic carbocycles. The summed E-state index contributed by atoms with van der Waals surface area (Å²) in [5, 5.41) is 0. The first-order valence-electron chi connectivity index (χ1n) is 6.23. The van der Waals surface area contributed by atoms with Crippen molar-refractivity contribution in [3.63, 3.8) is 0 Å². The first-order chi connectivity index (χ1) is 9.15. The van der Waals surface area contributed by atoms with Crippen molar-refractivity contribution in [1.82, 2.24) is 14.5 Å². The van der Waals surface area contributed by atoms with Crippen LogP contribution < -0.4 is 0 Å². The van der Waals surface area contributed by atoms with E-state index in [1.54, 1.807) is 24.6 Å². The van der Waals surface area contributed by atoms with Crippen LogP contribution in [0, 0.1) is 6.92 Å². The van der Waals surface area contributed by atoms with Crippen molar-refractivity contribution in [3.05, 3.63) is 23.7 Å². The number of aryl methyl sites for hydroxylation is 1. The van der Waals surface area contributed by atoms with Crippen LogP contribution in [0.4, 0.5) is 0 Å². The lowest BCUT2D eigenvalue weighted by molar-refractivity contribution is 0.501. The second-order valence-corrected chi connectivity index (χ2v) is 8.55. The third kappa shape index (κ3) is 2.67. The molecule has 2 aromatic heterocycles. The van der Waals surface area contributed by atoms with Crippen LogP contribution in [0.3, 0.4) is 0 Å². The van der Waals surface area contributed by atoms with Gasteiger partial charge in [0.15, 0.2) is 15.5 Å². The highest BCUT2D eigenvalue weighted by molar-refractivity contribution is 7.92. The van der Waals surface area contributed by atoms with E-state index in [0.717, 1.165) is 11.1 Å². The SMILES string of the molecule is Cc1cnc2c(c1)nc(CCl)n2CC(C)(C)S(C)(=O)=O. The Morgan fingerprint density at radius 2 is 2.05 bits per heavy atom. The second kappa shape index (κ2) is 5.00. The van der Waals surface area contributed by atoms with E-state index in [9.17, 15) is 8.42 Å². The van der Waals surface area contributed by atoms with Gasteiger partial charge in [0.1, 0.15) is 11.3 Å². The summed E-state index contributed by atoms with van der Waals surface area (Å²) in [5.41, 5.74) is 2.42. The molecule has 0 spiro atoms. The average Bonchev–Trinajstić information content (AvgIpc) is 2.64. The van der Waals surface area contributed by atoms with E-state index >= 15 is 0 Å². The quantitative estimate of drug-likeness (QED) is 0.812. The van der Waals surface area contributed by atoms with Gasteiger partial charge in [0.2, 0.25) is 0 Å². The van der Waals surface area contributed by atoms with Crippen LogP contribution in [0.5, 0.6) is 0 Å². The summed E-state index contributed by atoms with van der Waals surface area (Å²) in [6.07, 6.45) is 2.98. The van der Waals surface area contributed by atoms with Gasteiger partial charge in [0.25, 0.3) is 0 Å². The van der Waals surface area contributed by atoms with Gasteiger partial charge in [-0.15, -0.1) is 11.6 Å². The maximum Gasteiger partial charge on any atom is 0.160 e. The Kier molecular flexibility index (Phi) is 3.81. The fourth-order valence-electron chi connectivity index (χ4n) is 1.92. The van der Waals surface area contributed by atoms with Crippen molar-refractivity contribution in [1.29, 1.82) is 0 Å². The number of sulfone groups is 1. The van der Waals surface area contributed by atoms with Crippen LogP contribution >= 0.6 is 11.6 Å². The molecular formula is C13H18ClN3O2S. The van der Waals surface area contributed by atoms with E-state index in [1.807, 2.05) is 13.0 Å². The molecule has 5 nitrogen and oxygen atoms in total. The number of hydrogen-bond acceptors (Lipinski definition) is 4. The Morgan fingerprint density at radius 3 is 2.60 bits per heavy atom. The van der Waals surface area contributed by atoms with Crippen molar-refractivity contribution in [2.45, 2.75) is 37.9 Å². The summed E-state index contributed by atoms with van der Waals surface area (Å²) >= 11 is 5.93. The maximum absolute atomic E-state index is 11.9. The summed E-state index contributed by atoms with van der Waals surface area (Å²) in [5.74, 6) is 0.853. The molecule has 0 atom stereocenters. The molecule has 7 heteroatoms. The van der Waals surface area contributed by atoms with Crippen LogP contribution in [0.15, 0.2) is 12.3 Å². The van der Waals surface area contributed by atoms with Crippen molar-refractivity contribution >= 4 is 32.6 Å². The number of pyridine rings is 1. The fourth-order valence-corrected chi connectivity index (χ4v) is 2.49. The van der Waals surface area contributed by atoms with Crippen LogP contribution in [0.25, 0.3) is 11.2 Å². The molecule has 0 amide bonds. The molecule has 0 fully saturated rings. The number of fused-ring (bicyclic) bond motifs is 1. The first kappa shape index (κ1) is 15.3. The van der Waals surface area contributed by atoms with Gasteiger partial charge in [0, 0.05) is 19.0 Å². The average molecular weight is 316 g/mol. The van der Waals surface area contributed by atoms with Crippen molar-refractivity contribution < 1.29 is 8.42 Å². The second-order valence-electron chi connectivity index (χ2n) is 5.64.